The molecule has 2 aromatic rings. The number of nitrogens with zero attached hydrogens (tertiary/aromatic N) is 4. The first-order chi connectivity index (χ1) is 14.0. The largest absolute Gasteiger partial charge is 0.344 e. The van der Waals surface area contributed by atoms with Crippen LogP contribution >= 0.6 is 0 Å². The van der Waals surface area contributed by atoms with Crippen molar-refractivity contribution in [2.24, 2.45) is 0 Å². The van der Waals surface area contributed by atoms with Gasteiger partial charge in [-0.1, -0.05) is 18.1 Å². The SMILES string of the molecule is C#CCNC(=O)CN1CCCN(C(=O)c2cnn(-c3ccccc3F)c2C)CC1. The van der Waals surface area contributed by atoms with Crippen LogP contribution in [0.3, 0.4) is 0 Å². The monoisotopic (exact) mass is 397 g/mol. The first-order valence-electron chi connectivity index (χ1n) is 9.52. The van der Waals surface area contributed by atoms with Crippen LogP contribution in [0.25, 0.3) is 5.69 Å². The predicted molar refractivity (Wildman–Crippen MR) is 107 cm³/mol. The molecule has 1 N–H and O–H groups in total. The van der Waals surface area contributed by atoms with Crippen LogP contribution < -0.4 is 5.32 Å². The number of halogens is 1. The maximum Gasteiger partial charge on any atom is 0.257 e. The summed E-state index contributed by atoms with van der Waals surface area (Å²) in [4.78, 5) is 28.7. The lowest BCUT2D eigenvalue weighted by molar-refractivity contribution is -0.121. The molecule has 2 heterocycles. The van der Waals surface area contributed by atoms with Crippen molar-refractivity contribution >= 4 is 11.8 Å². The van der Waals surface area contributed by atoms with Gasteiger partial charge in [-0.05, 0) is 25.5 Å². The zero-order valence-corrected chi connectivity index (χ0v) is 16.4. The number of carbonyl (C=O) groups excluding carboxylic acids is 2. The summed E-state index contributed by atoms with van der Waals surface area (Å²) < 4.78 is 15.5. The van der Waals surface area contributed by atoms with Gasteiger partial charge in [0.15, 0.2) is 0 Å². The number of hydrogen-bond donors (Lipinski definition) is 1. The minimum Gasteiger partial charge on any atom is -0.344 e. The van der Waals surface area contributed by atoms with Gasteiger partial charge < -0.3 is 10.2 Å². The third kappa shape index (κ3) is 4.81. The molecule has 29 heavy (non-hydrogen) atoms. The van der Waals surface area contributed by atoms with Gasteiger partial charge in [-0.3, -0.25) is 14.5 Å². The average Bonchev–Trinajstić information content (AvgIpc) is 2.94. The van der Waals surface area contributed by atoms with Crippen molar-refractivity contribution in [1.82, 2.24) is 24.9 Å². The summed E-state index contributed by atoms with van der Waals surface area (Å²) in [7, 11) is 0. The fourth-order valence-corrected chi connectivity index (χ4v) is 3.40. The minimum atomic E-state index is -0.397. The van der Waals surface area contributed by atoms with E-state index in [1.165, 1.54) is 16.9 Å². The Hall–Kier alpha value is -3.18. The molecule has 1 saturated heterocycles. The molecule has 0 aliphatic carbocycles. The Kier molecular flexibility index (Phi) is 6.62. The van der Waals surface area contributed by atoms with Crippen LogP contribution in [-0.2, 0) is 4.79 Å². The smallest absolute Gasteiger partial charge is 0.257 e. The Labute approximate surface area is 169 Å². The first-order valence-corrected chi connectivity index (χ1v) is 9.52. The van der Waals surface area contributed by atoms with Crippen molar-refractivity contribution in [3.05, 3.63) is 47.5 Å². The maximum atomic E-state index is 14.1. The highest BCUT2D eigenvalue weighted by Gasteiger charge is 2.24. The molecule has 2 amide bonds. The molecule has 0 atom stereocenters. The molecule has 1 aromatic heterocycles. The van der Waals surface area contributed by atoms with Crippen molar-refractivity contribution in [1.29, 1.82) is 0 Å². The molecule has 0 bridgehead atoms. The first kappa shape index (κ1) is 20.6. The summed E-state index contributed by atoms with van der Waals surface area (Å²) in [6, 6.07) is 6.32. The normalized spacial score (nSPS) is 14.9. The highest BCUT2D eigenvalue weighted by Crippen LogP contribution is 2.19. The number of carbonyl (C=O) groups is 2. The van der Waals surface area contributed by atoms with Crippen molar-refractivity contribution in [2.45, 2.75) is 13.3 Å². The summed E-state index contributed by atoms with van der Waals surface area (Å²) in [5.41, 5.74) is 1.35. The third-order valence-corrected chi connectivity index (χ3v) is 4.95. The Balaban J connectivity index is 1.66. The van der Waals surface area contributed by atoms with E-state index in [2.05, 4.69) is 16.3 Å². The van der Waals surface area contributed by atoms with Crippen LogP contribution in [0.15, 0.2) is 30.5 Å². The fraction of sp³-hybridized carbons (Fsp3) is 0.381. The van der Waals surface area contributed by atoms with Crippen LogP contribution in [0.5, 0.6) is 0 Å². The van der Waals surface area contributed by atoms with Crippen LogP contribution in [0, 0.1) is 25.1 Å². The number of nitrogens with one attached hydrogen (secondary N) is 1. The van der Waals surface area contributed by atoms with E-state index in [4.69, 9.17) is 6.42 Å². The fourth-order valence-electron chi connectivity index (χ4n) is 3.40. The van der Waals surface area contributed by atoms with Crippen molar-refractivity contribution in [3.63, 3.8) is 0 Å². The predicted octanol–water partition coefficient (Wildman–Crippen LogP) is 1.22. The Morgan fingerprint density at radius 3 is 2.79 bits per heavy atom. The number of para-hydroxylation sites is 1. The molecule has 7 nitrogen and oxygen atoms in total. The summed E-state index contributed by atoms with van der Waals surface area (Å²) >= 11 is 0. The van der Waals surface area contributed by atoms with Gasteiger partial charge in [0.05, 0.1) is 30.5 Å². The van der Waals surface area contributed by atoms with Crippen LogP contribution in [-0.4, -0.2) is 70.7 Å². The Morgan fingerprint density at radius 2 is 2.03 bits per heavy atom. The number of hydrogen-bond acceptors (Lipinski definition) is 4. The number of aromatic nitrogens is 2. The molecule has 1 aliphatic heterocycles. The topological polar surface area (TPSA) is 70.5 Å². The molecule has 8 heteroatoms. The van der Waals surface area contributed by atoms with E-state index >= 15 is 0 Å². The molecular weight excluding hydrogens is 373 g/mol. The summed E-state index contributed by atoms with van der Waals surface area (Å²) in [5.74, 6) is 1.72. The summed E-state index contributed by atoms with van der Waals surface area (Å²) in [6.45, 7) is 4.64. The quantitative estimate of drug-likeness (QED) is 0.771. The minimum absolute atomic E-state index is 0.121. The number of amides is 2. The highest BCUT2D eigenvalue weighted by molar-refractivity contribution is 5.95. The third-order valence-electron chi connectivity index (χ3n) is 4.95. The molecular formula is C21H24FN5O2. The lowest BCUT2D eigenvalue weighted by Gasteiger charge is -2.21. The van der Waals surface area contributed by atoms with E-state index in [-0.39, 0.29) is 24.9 Å². The lowest BCUT2D eigenvalue weighted by atomic mass is 10.2. The van der Waals surface area contributed by atoms with Crippen molar-refractivity contribution in [3.8, 4) is 18.0 Å². The van der Waals surface area contributed by atoms with Gasteiger partial charge in [-0.2, -0.15) is 5.10 Å². The van der Waals surface area contributed by atoms with E-state index in [9.17, 15) is 14.0 Å². The highest BCUT2D eigenvalue weighted by atomic mass is 19.1. The zero-order valence-electron chi connectivity index (χ0n) is 16.4. The molecule has 3 rings (SSSR count). The van der Waals surface area contributed by atoms with E-state index < -0.39 is 5.82 Å². The number of terminal acetylenes is 1. The van der Waals surface area contributed by atoms with E-state index in [1.54, 1.807) is 30.0 Å². The van der Waals surface area contributed by atoms with Crippen LogP contribution in [0.2, 0.25) is 0 Å². The van der Waals surface area contributed by atoms with E-state index in [0.29, 0.717) is 36.6 Å². The second-order valence-electron chi connectivity index (χ2n) is 6.91. The van der Waals surface area contributed by atoms with Gasteiger partial charge >= 0.3 is 0 Å². The summed E-state index contributed by atoms with van der Waals surface area (Å²) in [6.07, 6.45) is 7.40. The van der Waals surface area contributed by atoms with Crippen molar-refractivity contribution in [2.75, 3.05) is 39.3 Å². The Bertz CT molecular complexity index is 933. The standard InChI is InChI=1S/C21H24FN5O2/c1-3-9-23-20(28)15-25-10-6-11-26(13-12-25)21(29)17-14-24-27(16(17)2)19-8-5-4-7-18(19)22/h1,4-5,7-8,14H,6,9-13,15H2,2H3,(H,23,28). The van der Waals surface area contributed by atoms with E-state index in [0.717, 1.165) is 13.0 Å². The maximum absolute atomic E-state index is 14.1. The van der Waals surface area contributed by atoms with Gasteiger partial charge in [0.25, 0.3) is 5.91 Å². The molecule has 1 aromatic carbocycles. The molecule has 1 aliphatic rings. The zero-order chi connectivity index (χ0) is 20.8. The molecule has 0 unspecified atom stereocenters. The molecule has 0 radical (unpaired) electrons. The van der Waals surface area contributed by atoms with Gasteiger partial charge in [0.1, 0.15) is 11.5 Å². The summed E-state index contributed by atoms with van der Waals surface area (Å²) in [5, 5.41) is 6.87. The van der Waals surface area contributed by atoms with Crippen molar-refractivity contribution < 1.29 is 14.0 Å². The van der Waals surface area contributed by atoms with E-state index in [1.807, 2.05) is 4.90 Å². The Morgan fingerprint density at radius 1 is 1.24 bits per heavy atom. The van der Waals surface area contributed by atoms with Gasteiger partial charge in [-0.25, -0.2) is 9.07 Å². The molecule has 1 fully saturated rings. The van der Waals surface area contributed by atoms with Gasteiger partial charge in [-0.15, -0.1) is 6.42 Å². The molecule has 0 spiro atoms. The second-order valence-corrected chi connectivity index (χ2v) is 6.91. The molecule has 0 saturated carbocycles. The second kappa shape index (κ2) is 9.34. The van der Waals surface area contributed by atoms with Gasteiger partial charge in [0.2, 0.25) is 5.91 Å². The number of benzene rings is 1. The number of rotatable bonds is 5. The van der Waals surface area contributed by atoms with Crippen LogP contribution in [0.1, 0.15) is 22.5 Å². The van der Waals surface area contributed by atoms with Gasteiger partial charge in [0, 0.05) is 26.2 Å². The lowest BCUT2D eigenvalue weighted by Crippen LogP contribution is -2.40. The molecule has 152 valence electrons. The average molecular weight is 397 g/mol. The van der Waals surface area contributed by atoms with Crippen LogP contribution in [0.4, 0.5) is 4.39 Å².